The van der Waals surface area contributed by atoms with Crippen LogP contribution < -0.4 is 5.32 Å². The number of hydrogen-bond donors (Lipinski definition) is 1. The van der Waals surface area contributed by atoms with Crippen LogP contribution in [0.25, 0.3) is 0 Å². The first-order valence-electron chi connectivity index (χ1n) is 6.39. The number of amides is 1. The van der Waals surface area contributed by atoms with E-state index in [1.807, 2.05) is 36.2 Å². The Kier molecular flexibility index (Phi) is 3.87. The summed E-state index contributed by atoms with van der Waals surface area (Å²) in [7, 11) is 3.95. The number of benzene rings is 1. The van der Waals surface area contributed by atoms with Gasteiger partial charge in [-0.1, -0.05) is 12.1 Å². The largest absolute Gasteiger partial charge is 0.387 e. The Hall–Kier alpha value is -1.55. The van der Waals surface area contributed by atoms with Crippen LogP contribution in [0.4, 0.5) is 5.69 Å². The highest BCUT2D eigenvalue weighted by Gasteiger charge is 2.25. The fourth-order valence-corrected chi connectivity index (χ4v) is 2.29. The summed E-state index contributed by atoms with van der Waals surface area (Å²) in [6.07, 6.45) is 0. The van der Waals surface area contributed by atoms with E-state index in [1.54, 1.807) is 0 Å². The third-order valence-electron chi connectivity index (χ3n) is 3.67. The first-order chi connectivity index (χ1) is 8.63. The smallest absolute Gasteiger partial charge is 0.256 e. The van der Waals surface area contributed by atoms with Crippen LogP contribution in [-0.4, -0.2) is 55.5 Å². The lowest BCUT2D eigenvalue weighted by atomic mass is 10.1. The van der Waals surface area contributed by atoms with Gasteiger partial charge >= 0.3 is 0 Å². The van der Waals surface area contributed by atoms with E-state index in [9.17, 15) is 4.79 Å². The van der Waals surface area contributed by atoms with E-state index in [4.69, 9.17) is 0 Å². The summed E-state index contributed by atoms with van der Waals surface area (Å²) >= 11 is 0. The lowest BCUT2D eigenvalue weighted by Gasteiger charge is -2.37. The first kappa shape index (κ1) is 12.9. The zero-order valence-corrected chi connectivity index (χ0v) is 11.3. The molecule has 1 heterocycles. The summed E-state index contributed by atoms with van der Waals surface area (Å²) < 4.78 is 0. The topological polar surface area (TPSA) is 35.6 Å². The van der Waals surface area contributed by atoms with Crippen molar-refractivity contribution in [2.75, 3.05) is 39.0 Å². The first-order valence-corrected chi connectivity index (χ1v) is 6.39. The van der Waals surface area contributed by atoms with Gasteiger partial charge in [0.1, 0.15) is 0 Å². The average Bonchev–Trinajstić information content (AvgIpc) is 2.41. The van der Waals surface area contributed by atoms with E-state index in [0.29, 0.717) is 6.04 Å². The van der Waals surface area contributed by atoms with Crippen LogP contribution in [0.15, 0.2) is 24.3 Å². The summed E-state index contributed by atoms with van der Waals surface area (Å²) in [5.41, 5.74) is 1.66. The number of nitrogens with zero attached hydrogens (tertiary/aromatic N) is 2. The molecule has 4 heteroatoms. The van der Waals surface area contributed by atoms with Crippen molar-refractivity contribution in [3.05, 3.63) is 29.8 Å². The summed E-state index contributed by atoms with van der Waals surface area (Å²) in [5.74, 6) is 0.125. The zero-order valence-electron chi connectivity index (χ0n) is 11.3. The minimum Gasteiger partial charge on any atom is -0.387 e. The molecule has 0 aliphatic carbocycles. The minimum atomic E-state index is 0.125. The molecule has 1 aliphatic rings. The van der Waals surface area contributed by atoms with Gasteiger partial charge in [0.25, 0.3) is 5.91 Å². The van der Waals surface area contributed by atoms with E-state index >= 15 is 0 Å². The van der Waals surface area contributed by atoms with Crippen molar-refractivity contribution in [3.63, 3.8) is 0 Å². The fourth-order valence-electron chi connectivity index (χ4n) is 2.29. The molecule has 0 radical (unpaired) electrons. The summed E-state index contributed by atoms with van der Waals surface area (Å²) in [4.78, 5) is 16.7. The Morgan fingerprint density at radius 3 is 2.72 bits per heavy atom. The minimum absolute atomic E-state index is 0.125. The number of para-hydroxylation sites is 1. The SMILES string of the molecule is CNc1ccccc1C(=O)N1CCN(C)C(C)C1. The van der Waals surface area contributed by atoms with E-state index in [2.05, 4.69) is 24.2 Å². The zero-order chi connectivity index (χ0) is 13.1. The second-order valence-electron chi connectivity index (χ2n) is 4.88. The highest BCUT2D eigenvalue weighted by molar-refractivity contribution is 5.99. The van der Waals surface area contributed by atoms with Crippen molar-refractivity contribution in [2.45, 2.75) is 13.0 Å². The Bertz CT molecular complexity index is 433. The molecule has 0 aromatic heterocycles. The molecule has 1 fully saturated rings. The number of rotatable bonds is 2. The van der Waals surface area contributed by atoms with Crippen molar-refractivity contribution >= 4 is 11.6 Å². The number of nitrogens with one attached hydrogen (secondary N) is 1. The standard InChI is InChI=1S/C14H21N3O/c1-11-10-17(9-8-16(11)3)14(18)12-6-4-5-7-13(12)15-2/h4-7,11,15H,8-10H2,1-3H3. The van der Waals surface area contributed by atoms with Gasteiger partial charge < -0.3 is 15.1 Å². The Morgan fingerprint density at radius 2 is 2.06 bits per heavy atom. The fraction of sp³-hybridized carbons (Fsp3) is 0.500. The van der Waals surface area contributed by atoms with Crippen LogP contribution in [0.1, 0.15) is 17.3 Å². The number of anilines is 1. The molecular weight excluding hydrogens is 226 g/mol. The van der Waals surface area contributed by atoms with Crippen molar-refractivity contribution in [1.82, 2.24) is 9.80 Å². The maximum atomic E-state index is 12.5. The lowest BCUT2D eigenvalue weighted by molar-refractivity contribution is 0.0573. The third kappa shape index (κ3) is 2.48. The Labute approximate surface area is 109 Å². The summed E-state index contributed by atoms with van der Waals surface area (Å²) in [6, 6.07) is 8.09. The molecule has 4 nitrogen and oxygen atoms in total. The average molecular weight is 247 g/mol. The second-order valence-corrected chi connectivity index (χ2v) is 4.88. The number of hydrogen-bond acceptors (Lipinski definition) is 3. The number of piperazine rings is 1. The van der Waals surface area contributed by atoms with Gasteiger partial charge in [-0.15, -0.1) is 0 Å². The molecule has 18 heavy (non-hydrogen) atoms. The Balaban J connectivity index is 2.16. The normalized spacial score (nSPS) is 20.8. The molecule has 0 saturated carbocycles. The highest BCUT2D eigenvalue weighted by Crippen LogP contribution is 2.18. The maximum Gasteiger partial charge on any atom is 0.256 e. The van der Waals surface area contributed by atoms with Crippen LogP contribution in [-0.2, 0) is 0 Å². The van der Waals surface area contributed by atoms with E-state index in [1.165, 1.54) is 0 Å². The molecule has 1 unspecified atom stereocenters. The van der Waals surface area contributed by atoms with Crippen LogP contribution in [0.3, 0.4) is 0 Å². The molecular formula is C14H21N3O. The number of carbonyl (C=O) groups is 1. The number of carbonyl (C=O) groups excluding carboxylic acids is 1. The summed E-state index contributed by atoms with van der Waals surface area (Å²) in [5, 5.41) is 3.08. The van der Waals surface area contributed by atoms with Crippen molar-refractivity contribution in [3.8, 4) is 0 Å². The monoisotopic (exact) mass is 247 g/mol. The van der Waals surface area contributed by atoms with Crippen LogP contribution in [0.2, 0.25) is 0 Å². The molecule has 1 aromatic carbocycles. The molecule has 1 aliphatic heterocycles. The van der Waals surface area contributed by atoms with Gasteiger partial charge in [0.15, 0.2) is 0 Å². The van der Waals surface area contributed by atoms with E-state index in [0.717, 1.165) is 30.9 Å². The quantitative estimate of drug-likeness (QED) is 0.860. The maximum absolute atomic E-state index is 12.5. The van der Waals surface area contributed by atoms with E-state index < -0.39 is 0 Å². The molecule has 1 amide bonds. The van der Waals surface area contributed by atoms with Gasteiger partial charge in [0, 0.05) is 38.4 Å². The van der Waals surface area contributed by atoms with Crippen LogP contribution in [0.5, 0.6) is 0 Å². The van der Waals surface area contributed by atoms with Gasteiger partial charge in [-0.25, -0.2) is 0 Å². The number of likely N-dealkylation sites (N-methyl/N-ethyl adjacent to an activating group) is 1. The van der Waals surface area contributed by atoms with Crippen LogP contribution in [0, 0.1) is 0 Å². The Morgan fingerprint density at radius 1 is 1.33 bits per heavy atom. The van der Waals surface area contributed by atoms with Gasteiger partial charge in [-0.05, 0) is 26.1 Å². The molecule has 98 valence electrons. The molecule has 0 bridgehead atoms. The third-order valence-corrected chi connectivity index (χ3v) is 3.67. The van der Waals surface area contributed by atoms with E-state index in [-0.39, 0.29) is 5.91 Å². The van der Waals surface area contributed by atoms with Gasteiger partial charge in [0.05, 0.1) is 5.56 Å². The van der Waals surface area contributed by atoms with Gasteiger partial charge in [-0.2, -0.15) is 0 Å². The predicted molar refractivity (Wildman–Crippen MR) is 74.0 cm³/mol. The van der Waals surface area contributed by atoms with Gasteiger partial charge in [-0.3, -0.25) is 4.79 Å². The molecule has 1 atom stereocenters. The van der Waals surface area contributed by atoms with Crippen molar-refractivity contribution in [2.24, 2.45) is 0 Å². The highest BCUT2D eigenvalue weighted by atomic mass is 16.2. The molecule has 1 N–H and O–H groups in total. The van der Waals surface area contributed by atoms with Crippen LogP contribution >= 0.6 is 0 Å². The molecule has 1 aromatic rings. The molecule has 2 rings (SSSR count). The van der Waals surface area contributed by atoms with Crippen molar-refractivity contribution < 1.29 is 4.79 Å². The second kappa shape index (κ2) is 5.40. The van der Waals surface area contributed by atoms with Gasteiger partial charge in [0.2, 0.25) is 0 Å². The molecule has 1 saturated heterocycles. The lowest BCUT2D eigenvalue weighted by Crippen LogP contribution is -2.52. The van der Waals surface area contributed by atoms with Crippen molar-refractivity contribution in [1.29, 1.82) is 0 Å². The predicted octanol–water partition coefficient (Wildman–Crippen LogP) is 1.50. The summed E-state index contributed by atoms with van der Waals surface area (Å²) in [6.45, 7) is 4.70. The molecule has 0 spiro atoms.